The Bertz CT molecular complexity index is 352. The third-order valence-corrected chi connectivity index (χ3v) is 4.93. The number of ether oxygens (including phenoxy) is 2. The minimum atomic E-state index is -1.10. The van der Waals surface area contributed by atoms with Crippen molar-refractivity contribution in [2.24, 2.45) is 17.3 Å². The minimum absolute atomic E-state index is 0.0570. The van der Waals surface area contributed by atoms with Gasteiger partial charge in [-0.25, -0.2) is 0 Å². The summed E-state index contributed by atoms with van der Waals surface area (Å²) in [7, 11) is 0. The van der Waals surface area contributed by atoms with Crippen LogP contribution in [0.25, 0.3) is 0 Å². The first-order valence-electron chi connectivity index (χ1n) is 9.33. The fourth-order valence-electron chi connectivity index (χ4n) is 3.73. The predicted octanol–water partition coefficient (Wildman–Crippen LogP) is 4.51. The SMILES string of the molecule is CCOC(=O)C(CCCC(C)C)(C(=O)OCC)C1CCCCC1. The molecule has 0 amide bonds. The lowest BCUT2D eigenvalue weighted by Gasteiger charge is -2.38. The van der Waals surface area contributed by atoms with E-state index in [2.05, 4.69) is 13.8 Å². The zero-order chi connectivity index (χ0) is 17.3. The van der Waals surface area contributed by atoms with Crippen LogP contribution in [-0.4, -0.2) is 25.2 Å². The van der Waals surface area contributed by atoms with Gasteiger partial charge in [0.2, 0.25) is 0 Å². The highest BCUT2D eigenvalue weighted by Gasteiger charge is 2.54. The van der Waals surface area contributed by atoms with Gasteiger partial charge >= 0.3 is 11.9 Å². The van der Waals surface area contributed by atoms with E-state index in [-0.39, 0.29) is 17.9 Å². The van der Waals surface area contributed by atoms with E-state index >= 15 is 0 Å². The van der Waals surface area contributed by atoms with Gasteiger partial charge in [-0.2, -0.15) is 0 Å². The Labute approximate surface area is 141 Å². The lowest BCUT2D eigenvalue weighted by atomic mass is 9.66. The van der Waals surface area contributed by atoms with Crippen molar-refractivity contribution in [2.45, 2.75) is 79.1 Å². The quantitative estimate of drug-likeness (QED) is 0.462. The monoisotopic (exact) mass is 326 g/mol. The molecule has 0 aliphatic heterocycles. The molecule has 0 aromatic carbocycles. The molecule has 0 saturated heterocycles. The molecule has 1 aliphatic carbocycles. The number of carbonyl (C=O) groups excluding carboxylic acids is 2. The smallest absolute Gasteiger partial charge is 0.323 e. The molecule has 4 heteroatoms. The molecule has 0 bridgehead atoms. The van der Waals surface area contributed by atoms with Crippen molar-refractivity contribution in [3.8, 4) is 0 Å². The van der Waals surface area contributed by atoms with Gasteiger partial charge in [0.05, 0.1) is 13.2 Å². The second kappa shape index (κ2) is 9.94. The third kappa shape index (κ3) is 5.22. The lowest BCUT2D eigenvalue weighted by Crippen LogP contribution is -2.48. The highest BCUT2D eigenvalue weighted by Crippen LogP contribution is 2.44. The minimum Gasteiger partial charge on any atom is -0.465 e. The molecular weight excluding hydrogens is 292 g/mol. The molecule has 0 radical (unpaired) electrons. The molecule has 0 aromatic heterocycles. The fourth-order valence-corrected chi connectivity index (χ4v) is 3.73. The van der Waals surface area contributed by atoms with Gasteiger partial charge in [-0.05, 0) is 44.9 Å². The van der Waals surface area contributed by atoms with Crippen LogP contribution in [0.5, 0.6) is 0 Å². The Morgan fingerprint density at radius 3 is 1.96 bits per heavy atom. The summed E-state index contributed by atoms with van der Waals surface area (Å²) in [5.74, 6) is -0.117. The Morgan fingerprint density at radius 2 is 1.52 bits per heavy atom. The van der Waals surface area contributed by atoms with E-state index < -0.39 is 5.41 Å². The molecule has 0 heterocycles. The summed E-state index contributed by atoms with van der Waals surface area (Å²) < 4.78 is 10.7. The zero-order valence-corrected chi connectivity index (χ0v) is 15.4. The molecule has 0 spiro atoms. The van der Waals surface area contributed by atoms with Crippen molar-refractivity contribution in [1.82, 2.24) is 0 Å². The summed E-state index contributed by atoms with van der Waals surface area (Å²) >= 11 is 0. The third-order valence-electron chi connectivity index (χ3n) is 4.93. The van der Waals surface area contributed by atoms with Crippen LogP contribution in [0, 0.1) is 17.3 Å². The van der Waals surface area contributed by atoms with E-state index in [0.29, 0.717) is 25.6 Å². The van der Waals surface area contributed by atoms with Crippen molar-refractivity contribution in [3.63, 3.8) is 0 Å². The maximum atomic E-state index is 12.8. The summed E-state index contributed by atoms with van der Waals surface area (Å²) in [6, 6.07) is 0. The molecule has 1 rings (SSSR count). The summed E-state index contributed by atoms with van der Waals surface area (Å²) in [4.78, 5) is 25.7. The van der Waals surface area contributed by atoms with Gasteiger partial charge in [0.15, 0.2) is 5.41 Å². The van der Waals surface area contributed by atoms with Crippen LogP contribution >= 0.6 is 0 Å². The van der Waals surface area contributed by atoms with Crippen LogP contribution in [0.4, 0.5) is 0 Å². The maximum Gasteiger partial charge on any atom is 0.323 e. The fraction of sp³-hybridized carbons (Fsp3) is 0.895. The van der Waals surface area contributed by atoms with Gasteiger partial charge in [-0.3, -0.25) is 9.59 Å². The molecule has 4 nitrogen and oxygen atoms in total. The topological polar surface area (TPSA) is 52.6 Å². The highest BCUT2D eigenvalue weighted by molar-refractivity contribution is 6.00. The van der Waals surface area contributed by atoms with Gasteiger partial charge in [0.1, 0.15) is 0 Å². The van der Waals surface area contributed by atoms with Crippen LogP contribution < -0.4 is 0 Å². The lowest BCUT2D eigenvalue weighted by molar-refractivity contribution is -0.179. The summed E-state index contributed by atoms with van der Waals surface area (Å²) in [5, 5.41) is 0. The second-order valence-electron chi connectivity index (χ2n) is 7.03. The average molecular weight is 326 g/mol. The normalized spacial score (nSPS) is 16.4. The Balaban J connectivity index is 3.08. The Kier molecular flexibility index (Phi) is 8.64. The van der Waals surface area contributed by atoms with Crippen molar-refractivity contribution in [3.05, 3.63) is 0 Å². The standard InChI is InChI=1S/C19H34O4/c1-5-22-17(20)19(18(21)23-6-2,14-10-11-15(3)4)16-12-8-7-9-13-16/h15-16H,5-14H2,1-4H3. The van der Waals surface area contributed by atoms with Gasteiger partial charge < -0.3 is 9.47 Å². The molecule has 23 heavy (non-hydrogen) atoms. The summed E-state index contributed by atoms with van der Waals surface area (Å²) in [5.41, 5.74) is -1.10. The molecule has 0 unspecified atom stereocenters. The molecule has 0 aromatic rings. The zero-order valence-electron chi connectivity index (χ0n) is 15.4. The van der Waals surface area contributed by atoms with E-state index in [1.165, 1.54) is 6.42 Å². The molecule has 1 saturated carbocycles. The van der Waals surface area contributed by atoms with E-state index in [1.54, 1.807) is 13.8 Å². The molecule has 0 N–H and O–H groups in total. The molecule has 0 atom stereocenters. The van der Waals surface area contributed by atoms with Crippen LogP contribution in [0.2, 0.25) is 0 Å². The average Bonchev–Trinajstić information content (AvgIpc) is 2.52. The molecule has 1 aliphatic rings. The number of rotatable bonds is 9. The van der Waals surface area contributed by atoms with Gasteiger partial charge in [0.25, 0.3) is 0 Å². The van der Waals surface area contributed by atoms with Crippen LogP contribution in [0.15, 0.2) is 0 Å². The molecule has 1 fully saturated rings. The number of carbonyl (C=O) groups is 2. The second-order valence-corrected chi connectivity index (χ2v) is 7.03. The first kappa shape index (κ1) is 20.0. The summed E-state index contributed by atoms with van der Waals surface area (Å²) in [6.45, 7) is 8.52. The first-order valence-corrected chi connectivity index (χ1v) is 9.33. The maximum absolute atomic E-state index is 12.8. The van der Waals surface area contributed by atoms with Crippen LogP contribution in [-0.2, 0) is 19.1 Å². The molecular formula is C19H34O4. The van der Waals surface area contributed by atoms with E-state index in [9.17, 15) is 9.59 Å². The van der Waals surface area contributed by atoms with Crippen LogP contribution in [0.1, 0.15) is 79.1 Å². The summed E-state index contributed by atoms with van der Waals surface area (Å²) in [6.07, 6.45) is 7.58. The van der Waals surface area contributed by atoms with Crippen molar-refractivity contribution in [1.29, 1.82) is 0 Å². The van der Waals surface area contributed by atoms with Crippen molar-refractivity contribution < 1.29 is 19.1 Å². The first-order chi connectivity index (χ1) is 11.0. The van der Waals surface area contributed by atoms with E-state index in [4.69, 9.17) is 9.47 Å². The van der Waals surface area contributed by atoms with Gasteiger partial charge in [0, 0.05) is 0 Å². The Morgan fingerprint density at radius 1 is 1.00 bits per heavy atom. The van der Waals surface area contributed by atoms with Crippen molar-refractivity contribution in [2.75, 3.05) is 13.2 Å². The number of hydrogen-bond acceptors (Lipinski definition) is 4. The van der Waals surface area contributed by atoms with Crippen molar-refractivity contribution >= 4 is 11.9 Å². The Hall–Kier alpha value is -1.06. The predicted molar refractivity (Wildman–Crippen MR) is 91.0 cm³/mol. The number of esters is 2. The molecule has 134 valence electrons. The van der Waals surface area contributed by atoms with E-state index in [0.717, 1.165) is 38.5 Å². The highest BCUT2D eigenvalue weighted by atomic mass is 16.6. The largest absolute Gasteiger partial charge is 0.465 e. The van der Waals surface area contributed by atoms with Gasteiger partial charge in [-0.1, -0.05) is 46.0 Å². The number of hydrogen-bond donors (Lipinski definition) is 0. The van der Waals surface area contributed by atoms with E-state index in [1.807, 2.05) is 0 Å². The van der Waals surface area contributed by atoms with Gasteiger partial charge in [-0.15, -0.1) is 0 Å². The van der Waals surface area contributed by atoms with Crippen LogP contribution in [0.3, 0.4) is 0 Å².